The number of hydrogen-bond donors (Lipinski definition) is 0. The van der Waals surface area contributed by atoms with E-state index in [1.807, 2.05) is 37.6 Å². The van der Waals surface area contributed by atoms with E-state index >= 15 is 0 Å². The van der Waals surface area contributed by atoms with Gasteiger partial charge in [-0.25, -0.2) is 15.0 Å². The van der Waals surface area contributed by atoms with Gasteiger partial charge >= 0.3 is 0 Å². The molecule has 128 valence electrons. The lowest BCUT2D eigenvalue weighted by Crippen LogP contribution is -2.36. The zero-order valence-corrected chi connectivity index (χ0v) is 14.4. The summed E-state index contributed by atoms with van der Waals surface area (Å²) in [4.78, 5) is 20.2. The van der Waals surface area contributed by atoms with E-state index in [1.165, 1.54) is 5.56 Å². The van der Waals surface area contributed by atoms with Crippen LogP contribution in [0.1, 0.15) is 35.8 Å². The molecule has 0 aromatic carbocycles. The predicted octanol–water partition coefficient (Wildman–Crippen LogP) is 2.81. The summed E-state index contributed by atoms with van der Waals surface area (Å²) in [7, 11) is 0. The first-order chi connectivity index (χ1) is 12.3. The maximum Gasteiger partial charge on any atom is 0.225 e. The van der Waals surface area contributed by atoms with Crippen molar-refractivity contribution in [1.82, 2.24) is 24.5 Å². The quantitative estimate of drug-likeness (QED) is 0.734. The van der Waals surface area contributed by atoms with Crippen LogP contribution in [-0.2, 0) is 6.54 Å². The summed E-state index contributed by atoms with van der Waals surface area (Å²) < 4.78 is 2.24. The fraction of sp³-hybridized carbons (Fsp3) is 0.368. The molecule has 0 bridgehead atoms. The van der Waals surface area contributed by atoms with E-state index in [4.69, 9.17) is 0 Å². The molecule has 6 heteroatoms. The van der Waals surface area contributed by atoms with Gasteiger partial charge in [0.1, 0.15) is 5.82 Å². The molecule has 3 aromatic rings. The summed E-state index contributed by atoms with van der Waals surface area (Å²) in [5, 5.41) is 0. The van der Waals surface area contributed by atoms with Crippen LogP contribution in [0.5, 0.6) is 0 Å². The number of imidazole rings is 1. The minimum absolute atomic E-state index is 0.393. The van der Waals surface area contributed by atoms with Crippen molar-refractivity contribution in [2.45, 2.75) is 32.2 Å². The monoisotopic (exact) mass is 334 g/mol. The Morgan fingerprint density at radius 2 is 2.12 bits per heavy atom. The lowest BCUT2D eigenvalue weighted by atomic mass is 9.97. The van der Waals surface area contributed by atoms with Gasteiger partial charge in [0.2, 0.25) is 5.95 Å². The molecule has 1 atom stereocenters. The largest absolute Gasteiger partial charge is 0.340 e. The Balaban J connectivity index is 1.53. The zero-order chi connectivity index (χ0) is 17.1. The molecule has 0 aliphatic carbocycles. The molecule has 0 N–H and O–H groups in total. The standard InChI is InChI=1S/C19H22N6/c1-15-6-8-22-19(23-15)25-10-3-5-17(14-25)18-21-9-11-24(18)13-16-4-2-7-20-12-16/h2,4,6-9,11-12,17H,3,5,10,13-14H2,1H3/t17-/m1/s1. The molecule has 0 radical (unpaired) electrons. The molecule has 0 spiro atoms. The van der Waals surface area contributed by atoms with Crippen LogP contribution in [0.3, 0.4) is 0 Å². The highest BCUT2D eigenvalue weighted by molar-refractivity contribution is 5.32. The van der Waals surface area contributed by atoms with Gasteiger partial charge in [0.25, 0.3) is 0 Å². The second kappa shape index (κ2) is 7.01. The molecule has 0 saturated carbocycles. The van der Waals surface area contributed by atoms with E-state index < -0.39 is 0 Å². The van der Waals surface area contributed by atoms with Gasteiger partial charge < -0.3 is 9.47 Å². The highest BCUT2D eigenvalue weighted by Crippen LogP contribution is 2.28. The van der Waals surface area contributed by atoms with Gasteiger partial charge in [0.15, 0.2) is 0 Å². The van der Waals surface area contributed by atoms with Crippen LogP contribution < -0.4 is 4.90 Å². The van der Waals surface area contributed by atoms with E-state index in [9.17, 15) is 0 Å². The number of hydrogen-bond acceptors (Lipinski definition) is 5. The van der Waals surface area contributed by atoms with E-state index in [0.717, 1.165) is 49.9 Å². The van der Waals surface area contributed by atoms with Crippen molar-refractivity contribution >= 4 is 5.95 Å². The summed E-state index contributed by atoms with van der Waals surface area (Å²) in [5.74, 6) is 2.36. The van der Waals surface area contributed by atoms with Crippen molar-refractivity contribution in [1.29, 1.82) is 0 Å². The van der Waals surface area contributed by atoms with Crippen molar-refractivity contribution in [2.75, 3.05) is 18.0 Å². The molecule has 25 heavy (non-hydrogen) atoms. The van der Waals surface area contributed by atoms with Crippen molar-refractivity contribution in [2.24, 2.45) is 0 Å². The second-order valence-corrected chi connectivity index (χ2v) is 6.56. The molecule has 0 unspecified atom stereocenters. The van der Waals surface area contributed by atoms with Crippen molar-refractivity contribution < 1.29 is 0 Å². The maximum absolute atomic E-state index is 4.66. The third-order valence-corrected chi connectivity index (χ3v) is 4.67. The Hall–Kier alpha value is -2.76. The zero-order valence-electron chi connectivity index (χ0n) is 14.4. The number of nitrogens with zero attached hydrogens (tertiary/aromatic N) is 6. The Labute approximate surface area is 147 Å². The normalized spacial score (nSPS) is 17.6. The van der Waals surface area contributed by atoms with Gasteiger partial charge in [0, 0.05) is 55.7 Å². The van der Waals surface area contributed by atoms with Crippen LogP contribution >= 0.6 is 0 Å². The molecule has 1 fully saturated rings. The van der Waals surface area contributed by atoms with E-state index in [2.05, 4.69) is 41.7 Å². The number of aryl methyl sites for hydroxylation is 1. The molecular weight excluding hydrogens is 312 g/mol. The van der Waals surface area contributed by atoms with E-state index in [1.54, 1.807) is 6.20 Å². The fourth-order valence-electron chi connectivity index (χ4n) is 3.46. The molecule has 1 aliphatic rings. The first-order valence-corrected chi connectivity index (χ1v) is 8.74. The fourth-order valence-corrected chi connectivity index (χ4v) is 3.46. The highest BCUT2D eigenvalue weighted by Gasteiger charge is 2.26. The van der Waals surface area contributed by atoms with Crippen LogP contribution in [-0.4, -0.2) is 37.6 Å². The van der Waals surface area contributed by atoms with Crippen LogP contribution in [0.2, 0.25) is 0 Å². The summed E-state index contributed by atoms with van der Waals surface area (Å²) in [6, 6.07) is 6.01. The minimum Gasteiger partial charge on any atom is -0.340 e. The Morgan fingerprint density at radius 3 is 2.96 bits per heavy atom. The minimum atomic E-state index is 0.393. The van der Waals surface area contributed by atoms with Crippen LogP contribution in [0.4, 0.5) is 5.95 Å². The average Bonchev–Trinajstić information content (AvgIpc) is 3.11. The summed E-state index contributed by atoms with van der Waals surface area (Å²) in [6.07, 6.45) is 11.8. The summed E-state index contributed by atoms with van der Waals surface area (Å²) in [5.41, 5.74) is 2.20. The first kappa shape index (κ1) is 15.7. The van der Waals surface area contributed by atoms with Crippen molar-refractivity contribution in [3.63, 3.8) is 0 Å². The van der Waals surface area contributed by atoms with Crippen LogP contribution in [0.15, 0.2) is 49.2 Å². The van der Waals surface area contributed by atoms with E-state index in [-0.39, 0.29) is 0 Å². The Bertz CT molecular complexity index is 829. The van der Waals surface area contributed by atoms with Gasteiger partial charge in [-0.15, -0.1) is 0 Å². The first-order valence-electron chi connectivity index (χ1n) is 8.74. The maximum atomic E-state index is 4.66. The molecule has 4 heterocycles. The number of aromatic nitrogens is 5. The van der Waals surface area contributed by atoms with E-state index in [0.29, 0.717) is 5.92 Å². The van der Waals surface area contributed by atoms with Gasteiger partial charge in [0.05, 0.1) is 6.54 Å². The summed E-state index contributed by atoms with van der Waals surface area (Å²) >= 11 is 0. The molecule has 1 saturated heterocycles. The molecule has 6 nitrogen and oxygen atoms in total. The van der Waals surface area contributed by atoms with Crippen molar-refractivity contribution in [3.05, 3.63) is 66.3 Å². The Morgan fingerprint density at radius 1 is 1.16 bits per heavy atom. The number of anilines is 1. The predicted molar refractivity (Wildman–Crippen MR) is 96.5 cm³/mol. The van der Waals surface area contributed by atoms with Gasteiger partial charge in [-0.2, -0.15) is 0 Å². The molecule has 1 aliphatic heterocycles. The molecule has 4 rings (SSSR count). The number of rotatable bonds is 4. The van der Waals surface area contributed by atoms with Crippen LogP contribution in [0.25, 0.3) is 0 Å². The van der Waals surface area contributed by atoms with Gasteiger partial charge in [-0.05, 0) is 37.5 Å². The number of piperidine rings is 1. The average molecular weight is 334 g/mol. The molecular formula is C19H22N6. The number of pyridine rings is 1. The molecule has 0 amide bonds. The third-order valence-electron chi connectivity index (χ3n) is 4.67. The third kappa shape index (κ3) is 3.52. The topological polar surface area (TPSA) is 59.7 Å². The highest BCUT2D eigenvalue weighted by atomic mass is 15.3. The van der Waals surface area contributed by atoms with Gasteiger partial charge in [-0.3, -0.25) is 4.98 Å². The SMILES string of the molecule is Cc1ccnc(N2CCC[C@@H](c3nccn3Cc3cccnc3)C2)n1. The smallest absolute Gasteiger partial charge is 0.225 e. The van der Waals surface area contributed by atoms with Gasteiger partial charge in [-0.1, -0.05) is 6.07 Å². The van der Waals surface area contributed by atoms with Crippen molar-refractivity contribution in [3.8, 4) is 0 Å². The lowest BCUT2D eigenvalue weighted by Gasteiger charge is -2.32. The van der Waals surface area contributed by atoms with Crippen LogP contribution in [0, 0.1) is 6.92 Å². The summed E-state index contributed by atoms with van der Waals surface area (Å²) in [6.45, 7) is 4.73. The molecule has 3 aromatic heterocycles. The second-order valence-electron chi connectivity index (χ2n) is 6.56. The Kier molecular flexibility index (Phi) is 4.41. The lowest BCUT2D eigenvalue weighted by molar-refractivity contribution is 0.471.